The fraction of sp³-hybridized carbons (Fsp3) is 0.463. The first kappa shape index (κ1) is 55.7. The molecule has 6 N–H and O–H groups in total. The Balaban J connectivity index is 0.802. The fourth-order valence-corrected chi connectivity index (χ4v) is 11.4. The number of anilines is 5. The van der Waals surface area contributed by atoms with Crippen LogP contribution in [0.2, 0.25) is 5.02 Å². The van der Waals surface area contributed by atoms with E-state index in [4.69, 9.17) is 16.3 Å². The Morgan fingerprint density at radius 3 is 2.28 bits per heavy atom. The number of benzene rings is 3. The highest BCUT2D eigenvalue weighted by Gasteiger charge is 2.44. The number of aryl methyl sites for hydroxylation is 1. The van der Waals surface area contributed by atoms with Crippen molar-refractivity contribution in [3.63, 3.8) is 0 Å². The van der Waals surface area contributed by atoms with Crippen LogP contribution >= 0.6 is 30.1 Å². The van der Waals surface area contributed by atoms with Gasteiger partial charge in [0.2, 0.25) is 29.6 Å². The summed E-state index contributed by atoms with van der Waals surface area (Å²) in [6.45, 7) is 12.8. The van der Waals surface area contributed by atoms with Gasteiger partial charge in [-0.05, 0) is 86.7 Å². The van der Waals surface area contributed by atoms with E-state index in [1.54, 1.807) is 31.8 Å². The zero-order valence-electron chi connectivity index (χ0n) is 43.4. The summed E-state index contributed by atoms with van der Waals surface area (Å²) < 4.78 is 18.7. The normalized spacial score (nSPS) is 16.6. The molecule has 2 aromatic heterocycles. The van der Waals surface area contributed by atoms with Crippen molar-refractivity contribution in [1.82, 2.24) is 35.8 Å². The predicted octanol–water partition coefficient (Wildman–Crippen LogP) is 8.54. The number of ether oxygens (including phenoxy) is 1. The van der Waals surface area contributed by atoms with Crippen molar-refractivity contribution in [2.45, 2.75) is 116 Å². The minimum Gasteiger partial charge on any atom is -0.494 e. The molecular weight excluding hydrogens is 999 g/mol. The second kappa shape index (κ2) is 25.0. The maximum Gasteiger partial charge on any atom is 0.246 e. The topological polar surface area (TPSA) is 220 Å². The van der Waals surface area contributed by atoms with Crippen molar-refractivity contribution in [2.24, 2.45) is 5.41 Å². The van der Waals surface area contributed by atoms with Crippen molar-refractivity contribution in [3.8, 4) is 16.2 Å². The molecule has 20 heteroatoms. The van der Waals surface area contributed by atoms with Crippen LogP contribution in [0.4, 0.5) is 28.8 Å². The number of nitrogens with one attached hydrogen (secondary N) is 5. The number of aliphatic hydroxyl groups excluding tert-OH is 1. The number of hydrogen-bond donors (Lipinski definition) is 6. The van der Waals surface area contributed by atoms with Crippen LogP contribution in [0.5, 0.6) is 5.75 Å². The lowest BCUT2D eigenvalue weighted by Gasteiger charge is -2.35. The molecule has 2 fully saturated rings. The number of aromatic nitrogens is 3. The Morgan fingerprint density at radius 2 is 1.62 bits per heavy atom. The summed E-state index contributed by atoms with van der Waals surface area (Å²) in [6.07, 6.45) is 5.79. The number of carbonyl (C=O) groups excluding carboxylic acids is 4. The number of piperidine rings is 1. The van der Waals surface area contributed by atoms with E-state index >= 15 is 0 Å². The number of unbranched alkanes of at least 4 members (excludes halogenated alkanes) is 3. The molecule has 0 saturated carbocycles. The van der Waals surface area contributed by atoms with Gasteiger partial charge >= 0.3 is 0 Å². The van der Waals surface area contributed by atoms with Gasteiger partial charge in [0, 0.05) is 68.5 Å². The van der Waals surface area contributed by atoms with Gasteiger partial charge in [0.25, 0.3) is 0 Å². The van der Waals surface area contributed by atoms with Crippen LogP contribution in [0.15, 0.2) is 78.4 Å². The quantitative estimate of drug-likeness (QED) is 0.0300. The van der Waals surface area contributed by atoms with Crippen LogP contribution in [-0.4, -0.2) is 113 Å². The average Bonchev–Trinajstić information content (AvgIpc) is 3.99. The van der Waals surface area contributed by atoms with E-state index in [2.05, 4.69) is 46.4 Å². The molecule has 2 aliphatic heterocycles. The van der Waals surface area contributed by atoms with Crippen LogP contribution < -0.4 is 41.5 Å². The average molecular weight is 1070 g/mol. The van der Waals surface area contributed by atoms with E-state index in [1.807, 2.05) is 99.9 Å². The van der Waals surface area contributed by atoms with Gasteiger partial charge in [-0.1, -0.05) is 81.6 Å². The lowest BCUT2D eigenvalue weighted by molar-refractivity contribution is -0.144. The van der Waals surface area contributed by atoms with Crippen molar-refractivity contribution < 1.29 is 33.6 Å². The van der Waals surface area contributed by atoms with Gasteiger partial charge < -0.3 is 50.8 Å². The number of halogens is 1. The second-order valence-corrected chi connectivity index (χ2v) is 25.0. The third-order valence-corrected chi connectivity index (χ3v) is 16.2. The largest absolute Gasteiger partial charge is 0.494 e. The highest BCUT2D eigenvalue weighted by Crippen LogP contribution is 2.39. The van der Waals surface area contributed by atoms with Crippen molar-refractivity contribution in [1.29, 1.82) is 0 Å². The number of rotatable bonds is 21. The standard InChI is InChI=1S/C54H70ClN10O7PS/c1-34-48(74-33-58-34)36-20-18-35(19-21-36)30-56-51(69)43-29-39(66)32-65(43)52(70)49(54(2,3)4)62-47(68)17-11-9-8-10-16-46(67)59-37-24-26-64(27-25-37)38-22-23-41(44(28-38)72-5)61-53-57-31-40(55)50(63-53)60-42-14-12-13-15-45(42)73(6,7)71/h12-15,18-23,28,31,33,37,39,43,49,66H,8-11,16-17,24-27,29-30,32H2,1-7H3,(H,56,69)(H,59,67)(H,62,68)(H2,57,60,61,63)/t39-,43+,49-/m1/s1. The SMILES string of the molecule is COc1cc(N2CCC(NC(=O)CCCCCCC(=O)N[C@H](C(=O)N3C[C@H](O)C[C@H]3C(=O)NCc3ccc(-c4scnc4C)cc3)C(C)(C)C)CC2)ccc1Nc1ncc(Cl)c(Nc2ccccc2P(C)(C)=O)n1. The van der Waals surface area contributed by atoms with Gasteiger partial charge in [0.15, 0.2) is 5.82 Å². The number of hydrogen-bond acceptors (Lipinski definition) is 14. The Kier molecular flexibility index (Phi) is 18.8. The first-order chi connectivity index (χ1) is 35.3. The molecule has 74 heavy (non-hydrogen) atoms. The van der Waals surface area contributed by atoms with Gasteiger partial charge in [-0.15, -0.1) is 11.3 Å². The lowest BCUT2D eigenvalue weighted by Crippen LogP contribution is -2.57. The van der Waals surface area contributed by atoms with E-state index in [-0.39, 0.29) is 49.7 Å². The molecule has 5 aromatic rings. The number of para-hydroxylation sites is 1. The van der Waals surface area contributed by atoms with E-state index in [9.17, 15) is 28.8 Å². The minimum atomic E-state index is -2.58. The highest BCUT2D eigenvalue weighted by molar-refractivity contribution is 7.70. The zero-order chi connectivity index (χ0) is 53.2. The van der Waals surface area contributed by atoms with Gasteiger partial charge in [0.1, 0.15) is 30.0 Å². The predicted molar refractivity (Wildman–Crippen MR) is 295 cm³/mol. The Bertz CT molecular complexity index is 2810. The molecule has 4 amide bonds. The van der Waals surface area contributed by atoms with Gasteiger partial charge in [-0.25, -0.2) is 9.97 Å². The van der Waals surface area contributed by atoms with Crippen LogP contribution in [0.25, 0.3) is 10.4 Å². The minimum absolute atomic E-state index is 0.00532. The van der Waals surface area contributed by atoms with Crippen molar-refractivity contribution >= 4 is 87.8 Å². The molecule has 4 heterocycles. The van der Waals surface area contributed by atoms with Crippen LogP contribution in [0, 0.1) is 12.3 Å². The molecule has 17 nitrogen and oxygen atoms in total. The zero-order valence-corrected chi connectivity index (χ0v) is 45.8. The number of likely N-dealkylation sites (tertiary alicyclic amines) is 1. The van der Waals surface area contributed by atoms with Crippen LogP contribution in [0.3, 0.4) is 0 Å². The highest BCUT2D eigenvalue weighted by atomic mass is 35.5. The molecular formula is C54H70ClN10O7PS. The molecule has 396 valence electrons. The summed E-state index contributed by atoms with van der Waals surface area (Å²) >= 11 is 8.05. The van der Waals surface area contributed by atoms with Gasteiger partial charge in [-0.2, -0.15) is 4.98 Å². The smallest absolute Gasteiger partial charge is 0.246 e. The van der Waals surface area contributed by atoms with Crippen LogP contribution in [-0.2, 0) is 30.3 Å². The van der Waals surface area contributed by atoms with E-state index in [0.717, 1.165) is 66.2 Å². The lowest BCUT2D eigenvalue weighted by atomic mass is 9.85. The first-order valence-electron chi connectivity index (χ1n) is 25.3. The molecule has 0 unspecified atom stereocenters. The van der Waals surface area contributed by atoms with E-state index < -0.39 is 36.7 Å². The van der Waals surface area contributed by atoms with Crippen molar-refractivity contribution in [2.75, 3.05) is 55.6 Å². The van der Waals surface area contributed by atoms with E-state index in [0.29, 0.717) is 58.5 Å². The fourth-order valence-electron chi connectivity index (χ4n) is 9.31. The number of thiazole rings is 1. The maximum absolute atomic E-state index is 14.1. The molecule has 0 bridgehead atoms. The second-order valence-electron chi connectivity index (χ2n) is 20.6. The number of carbonyl (C=O) groups is 4. The number of amides is 4. The van der Waals surface area contributed by atoms with Crippen LogP contribution in [0.1, 0.15) is 89.8 Å². The molecule has 2 aliphatic rings. The first-order valence-corrected chi connectivity index (χ1v) is 29.1. The van der Waals surface area contributed by atoms with E-state index in [1.165, 1.54) is 11.1 Å². The molecule has 2 saturated heterocycles. The Labute approximate surface area is 443 Å². The number of β-amino-alcohol motifs (C(OH)–C–C–N with tert-alkyl or cyclic N) is 1. The third-order valence-electron chi connectivity index (χ3n) is 13.4. The number of methoxy groups -OCH3 is 1. The summed E-state index contributed by atoms with van der Waals surface area (Å²) in [5.41, 5.74) is 6.39. The Hall–Kier alpha value is -6.07. The van der Waals surface area contributed by atoms with Gasteiger partial charge in [-0.3, -0.25) is 19.2 Å². The molecule has 0 spiro atoms. The number of nitrogens with zero attached hydrogens (tertiary/aromatic N) is 5. The maximum atomic E-state index is 14.1. The molecule has 7 rings (SSSR count). The summed E-state index contributed by atoms with van der Waals surface area (Å²) in [7, 11) is -0.972. The summed E-state index contributed by atoms with van der Waals surface area (Å²) in [5.74, 6) is 0.281. The molecule has 3 atom stereocenters. The monoisotopic (exact) mass is 1070 g/mol. The molecule has 0 radical (unpaired) electrons. The molecule has 0 aliphatic carbocycles. The van der Waals surface area contributed by atoms with Crippen molar-refractivity contribution in [3.05, 3.63) is 94.7 Å². The van der Waals surface area contributed by atoms with Gasteiger partial charge in [0.05, 0.1) is 46.9 Å². The number of aliphatic hydroxyl groups is 1. The third kappa shape index (κ3) is 14.8. The summed E-state index contributed by atoms with van der Waals surface area (Å²) in [5, 5.41) is 27.2. The molecule has 3 aromatic carbocycles. The summed E-state index contributed by atoms with van der Waals surface area (Å²) in [6, 6.07) is 19.5. The Morgan fingerprint density at radius 1 is 0.919 bits per heavy atom. The summed E-state index contributed by atoms with van der Waals surface area (Å²) in [4.78, 5) is 71.8.